The Kier molecular flexibility index (Phi) is 4.90. The fraction of sp³-hybridized carbons (Fsp3) is 0.438. The van der Waals surface area contributed by atoms with Gasteiger partial charge in [0.2, 0.25) is 5.91 Å². The van der Waals surface area contributed by atoms with Gasteiger partial charge < -0.3 is 15.1 Å². The summed E-state index contributed by atoms with van der Waals surface area (Å²) >= 11 is 1.63. The first-order valence-electron chi connectivity index (χ1n) is 7.47. The second-order valence-corrected chi connectivity index (χ2v) is 6.43. The fourth-order valence-corrected chi connectivity index (χ4v) is 3.24. The number of thiophene rings is 1. The van der Waals surface area contributed by atoms with Gasteiger partial charge in [-0.25, -0.2) is 4.39 Å². The van der Waals surface area contributed by atoms with Crippen LogP contribution in [-0.4, -0.2) is 31.2 Å². The van der Waals surface area contributed by atoms with Crippen LogP contribution in [0.15, 0.2) is 34.1 Å². The van der Waals surface area contributed by atoms with E-state index in [-0.39, 0.29) is 11.9 Å². The van der Waals surface area contributed by atoms with E-state index in [0.717, 1.165) is 16.4 Å². The lowest BCUT2D eigenvalue weighted by atomic mass is 10.2. The Labute approximate surface area is 132 Å². The summed E-state index contributed by atoms with van der Waals surface area (Å²) in [7, 11) is 0. The first-order chi connectivity index (χ1) is 10.7. The van der Waals surface area contributed by atoms with Crippen molar-refractivity contribution in [3.05, 3.63) is 35.4 Å². The normalized spacial score (nSPS) is 21.1. The van der Waals surface area contributed by atoms with Gasteiger partial charge >= 0.3 is 0 Å². The number of aryl methyl sites for hydroxylation is 1. The minimum atomic E-state index is -0.791. The molecule has 0 bridgehead atoms. The number of hydrogen-bond acceptors (Lipinski definition) is 4. The molecule has 22 heavy (non-hydrogen) atoms. The molecule has 2 atom stereocenters. The Hall–Kier alpha value is -1.66. The molecular formula is C16H19FN2O2S. The van der Waals surface area contributed by atoms with E-state index in [1.165, 1.54) is 0 Å². The molecule has 6 heteroatoms. The van der Waals surface area contributed by atoms with Gasteiger partial charge in [-0.15, -0.1) is 11.3 Å². The molecule has 1 aliphatic rings. The van der Waals surface area contributed by atoms with Crippen molar-refractivity contribution < 1.29 is 13.6 Å². The number of alkyl halides is 1. The van der Waals surface area contributed by atoms with Crippen LogP contribution in [-0.2, 0) is 11.2 Å². The molecule has 0 unspecified atom stereocenters. The van der Waals surface area contributed by atoms with Crippen LogP contribution >= 0.6 is 11.3 Å². The molecule has 0 spiro atoms. The van der Waals surface area contributed by atoms with E-state index < -0.39 is 6.17 Å². The molecule has 2 aromatic rings. The predicted molar refractivity (Wildman–Crippen MR) is 84.7 cm³/mol. The van der Waals surface area contributed by atoms with Gasteiger partial charge in [0, 0.05) is 32.0 Å². The summed E-state index contributed by atoms with van der Waals surface area (Å²) in [6.07, 6.45) is 0.632. The van der Waals surface area contributed by atoms with Crippen LogP contribution in [0.1, 0.15) is 18.6 Å². The van der Waals surface area contributed by atoms with E-state index in [0.29, 0.717) is 32.4 Å². The second-order valence-electron chi connectivity index (χ2n) is 5.49. The van der Waals surface area contributed by atoms with Gasteiger partial charge in [-0.3, -0.25) is 4.79 Å². The smallest absolute Gasteiger partial charge is 0.220 e. The van der Waals surface area contributed by atoms with Gasteiger partial charge in [0.15, 0.2) is 0 Å². The third-order valence-corrected chi connectivity index (χ3v) is 4.62. The Balaban J connectivity index is 1.41. The van der Waals surface area contributed by atoms with Gasteiger partial charge in [0.1, 0.15) is 17.7 Å². The lowest BCUT2D eigenvalue weighted by molar-refractivity contribution is -0.121. The molecule has 3 rings (SSSR count). The molecule has 1 amide bonds. The van der Waals surface area contributed by atoms with Crippen molar-refractivity contribution in [3.63, 3.8) is 0 Å². The first kappa shape index (κ1) is 15.2. The number of furan rings is 1. The van der Waals surface area contributed by atoms with Crippen molar-refractivity contribution in [2.45, 2.75) is 31.5 Å². The zero-order valence-corrected chi connectivity index (χ0v) is 13.0. The maximum absolute atomic E-state index is 13.0. The maximum Gasteiger partial charge on any atom is 0.220 e. The fourth-order valence-electron chi connectivity index (χ4n) is 2.55. The van der Waals surface area contributed by atoms with Crippen LogP contribution < -0.4 is 10.6 Å². The molecule has 2 aromatic heterocycles. The number of hydrogen-bond donors (Lipinski definition) is 2. The third kappa shape index (κ3) is 3.96. The van der Waals surface area contributed by atoms with E-state index in [1.807, 2.05) is 29.6 Å². The summed E-state index contributed by atoms with van der Waals surface area (Å²) in [5, 5.41) is 7.89. The zero-order chi connectivity index (χ0) is 15.4. The van der Waals surface area contributed by atoms with Gasteiger partial charge in [0.05, 0.1) is 4.88 Å². The van der Waals surface area contributed by atoms with E-state index in [1.54, 1.807) is 11.3 Å². The zero-order valence-electron chi connectivity index (χ0n) is 12.2. The van der Waals surface area contributed by atoms with Crippen LogP contribution in [0.3, 0.4) is 0 Å². The van der Waals surface area contributed by atoms with Gasteiger partial charge in [-0.05, 0) is 30.0 Å². The number of rotatable bonds is 6. The average molecular weight is 322 g/mol. The second kappa shape index (κ2) is 7.07. The quantitative estimate of drug-likeness (QED) is 0.860. The summed E-state index contributed by atoms with van der Waals surface area (Å²) in [6.45, 7) is 0.871. The lowest BCUT2D eigenvalue weighted by Gasteiger charge is -2.10. The standard InChI is InChI=1S/C16H19FN2O2S/c17-11-8-12(18-9-11)10-19-16(20)6-4-13-3-5-14(21-13)15-2-1-7-22-15/h1-3,5,7,11-12,18H,4,6,8-10H2,(H,19,20)/t11-,12-/m0/s1. The molecule has 0 aromatic carbocycles. The highest BCUT2D eigenvalue weighted by Gasteiger charge is 2.23. The summed E-state index contributed by atoms with van der Waals surface area (Å²) in [4.78, 5) is 12.9. The Bertz CT molecular complexity index is 611. The molecule has 3 heterocycles. The van der Waals surface area contributed by atoms with Crippen molar-refractivity contribution in [1.29, 1.82) is 0 Å². The van der Waals surface area contributed by atoms with E-state index >= 15 is 0 Å². The molecule has 4 nitrogen and oxygen atoms in total. The number of nitrogens with one attached hydrogen (secondary N) is 2. The molecule has 1 aliphatic heterocycles. The van der Waals surface area contributed by atoms with Gasteiger partial charge in [0.25, 0.3) is 0 Å². The molecule has 0 radical (unpaired) electrons. The van der Waals surface area contributed by atoms with Crippen molar-refractivity contribution in [2.75, 3.05) is 13.1 Å². The highest BCUT2D eigenvalue weighted by molar-refractivity contribution is 7.13. The van der Waals surface area contributed by atoms with E-state index in [9.17, 15) is 9.18 Å². The topological polar surface area (TPSA) is 54.3 Å². The Morgan fingerprint density at radius 1 is 1.45 bits per heavy atom. The lowest BCUT2D eigenvalue weighted by Crippen LogP contribution is -2.37. The number of carbonyl (C=O) groups is 1. The van der Waals surface area contributed by atoms with Crippen LogP contribution in [0.2, 0.25) is 0 Å². The molecule has 2 N–H and O–H groups in total. The molecule has 0 saturated carbocycles. The summed E-state index contributed by atoms with van der Waals surface area (Å²) in [5.41, 5.74) is 0. The van der Waals surface area contributed by atoms with Crippen molar-refractivity contribution >= 4 is 17.2 Å². The molecule has 1 saturated heterocycles. The number of carbonyl (C=O) groups excluding carboxylic acids is 1. The first-order valence-corrected chi connectivity index (χ1v) is 8.35. The minimum absolute atomic E-state index is 0.0295. The van der Waals surface area contributed by atoms with Crippen LogP contribution in [0.25, 0.3) is 10.6 Å². The number of amides is 1. The van der Waals surface area contributed by atoms with Crippen LogP contribution in [0.5, 0.6) is 0 Å². The van der Waals surface area contributed by atoms with Crippen molar-refractivity contribution in [2.24, 2.45) is 0 Å². The Morgan fingerprint density at radius 3 is 3.09 bits per heavy atom. The van der Waals surface area contributed by atoms with E-state index in [2.05, 4.69) is 10.6 Å². The summed E-state index contributed by atoms with van der Waals surface area (Å²) < 4.78 is 18.7. The van der Waals surface area contributed by atoms with Crippen LogP contribution in [0.4, 0.5) is 4.39 Å². The molecule has 118 valence electrons. The van der Waals surface area contributed by atoms with Gasteiger partial charge in [-0.2, -0.15) is 0 Å². The monoisotopic (exact) mass is 322 g/mol. The molecular weight excluding hydrogens is 303 g/mol. The summed E-state index contributed by atoms with van der Waals surface area (Å²) in [6, 6.07) is 7.88. The third-order valence-electron chi connectivity index (χ3n) is 3.74. The van der Waals surface area contributed by atoms with E-state index in [4.69, 9.17) is 4.42 Å². The minimum Gasteiger partial charge on any atom is -0.460 e. The highest BCUT2D eigenvalue weighted by Crippen LogP contribution is 2.26. The van der Waals surface area contributed by atoms with Crippen LogP contribution in [0, 0.1) is 0 Å². The van der Waals surface area contributed by atoms with Gasteiger partial charge in [-0.1, -0.05) is 6.07 Å². The van der Waals surface area contributed by atoms with Crippen molar-refractivity contribution in [3.8, 4) is 10.6 Å². The molecule has 0 aliphatic carbocycles. The SMILES string of the molecule is O=C(CCc1ccc(-c2cccs2)o1)NC[C@@H]1C[C@H](F)CN1. The molecule has 1 fully saturated rings. The van der Waals surface area contributed by atoms with Crippen molar-refractivity contribution in [1.82, 2.24) is 10.6 Å². The maximum atomic E-state index is 13.0. The summed E-state index contributed by atoms with van der Waals surface area (Å²) in [5.74, 6) is 1.62. The predicted octanol–water partition coefficient (Wildman–Crippen LogP) is 2.76. The largest absolute Gasteiger partial charge is 0.460 e. The average Bonchev–Trinajstić information content (AvgIpc) is 3.23. The number of halogens is 1. The Morgan fingerprint density at radius 2 is 2.36 bits per heavy atom. The highest BCUT2D eigenvalue weighted by atomic mass is 32.1.